The standard InChI is InChI=1S/C41H25N3O2/c1-2-8-26(9-3-1)27-14-18-29(19-15-27)40-42-35(28-16-20-30(21-17-28)41-44-34-11-5-7-13-38(34)46-41)25-36(43-40)31-22-23-33-32-10-4-6-12-37(32)45-39(33)24-31/h1-25H. The Morgan fingerprint density at radius 3 is 1.74 bits per heavy atom. The van der Waals surface area contributed by atoms with Crippen molar-refractivity contribution in [2.75, 3.05) is 0 Å². The lowest BCUT2D eigenvalue weighted by atomic mass is 10.0. The van der Waals surface area contributed by atoms with Crippen molar-refractivity contribution in [3.05, 3.63) is 152 Å². The molecule has 0 spiro atoms. The molecule has 9 aromatic rings. The fourth-order valence-corrected chi connectivity index (χ4v) is 5.98. The molecule has 3 aromatic heterocycles. The van der Waals surface area contributed by atoms with Gasteiger partial charge >= 0.3 is 0 Å². The van der Waals surface area contributed by atoms with E-state index in [1.54, 1.807) is 0 Å². The zero-order valence-corrected chi connectivity index (χ0v) is 24.6. The lowest BCUT2D eigenvalue weighted by Crippen LogP contribution is -1.96. The van der Waals surface area contributed by atoms with Gasteiger partial charge in [0.25, 0.3) is 0 Å². The average molecular weight is 592 g/mol. The minimum atomic E-state index is 0.592. The molecular weight excluding hydrogens is 566 g/mol. The van der Waals surface area contributed by atoms with E-state index >= 15 is 0 Å². The summed E-state index contributed by atoms with van der Waals surface area (Å²) < 4.78 is 12.2. The van der Waals surface area contributed by atoms with Crippen molar-refractivity contribution in [3.63, 3.8) is 0 Å². The molecule has 3 heterocycles. The van der Waals surface area contributed by atoms with Gasteiger partial charge < -0.3 is 8.83 Å². The molecule has 0 atom stereocenters. The van der Waals surface area contributed by atoms with Gasteiger partial charge in [0, 0.05) is 33.0 Å². The summed E-state index contributed by atoms with van der Waals surface area (Å²) in [6.45, 7) is 0. The number of furan rings is 1. The highest BCUT2D eigenvalue weighted by molar-refractivity contribution is 6.05. The van der Waals surface area contributed by atoms with E-state index in [1.165, 1.54) is 5.56 Å². The van der Waals surface area contributed by atoms with Crippen molar-refractivity contribution < 1.29 is 8.83 Å². The van der Waals surface area contributed by atoms with Gasteiger partial charge in [-0.1, -0.05) is 103 Å². The van der Waals surface area contributed by atoms with Crippen molar-refractivity contribution in [1.29, 1.82) is 0 Å². The van der Waals surface area contributed by atoms with Crippen molar-refractivity contribution in [1.82, 2.24) is 15.0 Å². The van der Waals surface area contributed by atoms with E-state index in [0.717, 1.165) is 72.2 Å². The molecule has 0 aliphatic carbocycles. The Balaban J connectivity index is 1.15. The third kappa shape index (κ3) is 4.62. The van der Waals surface area contributed by atoms with Gasteiger partial charge in [0.15, 0.2) is 11.4 Å². The highest BCUT2D eigenvalue weighted by Gasteiger charge is 2.15. The highest BCUT2D eigenvalue weighted by atomic mass is 16.3. The maximum Gasteiger partial charge on any atom is 0.227 e. The lowest BCUT2D eigenvalue weighted by Gasteiger charge is -2.10. The van der Waals surface area contributed by atoms with E-state index in [-0.39, 0.29) is 0 Å². The van der Waals surface area contributed by atoms with Gasteiger partial charge in [0.1, 0.15) is 16.7 Å². The van der Waals surface area contributed by atoms with Crippen molar-refractivity contribution >= 4 is 33.0 Å². The number of rotatable bonds is 5. The maximum absolute atomic E-state index is 6.22. The number of hydrogen-bond donors (Lipinski definition) is 0. The number of hydrogen-bond acceptors (Lipinski definition) is 5. The zero-order chi connectivity index (χ0) is 30.5. The van der Waals surface area contributed by atoms with Crippen LogP contribution in [0.3, 0.4) is 0 Å². The predicted molar refractivity (Wildman–Crippen MR) is 184 cm³/mol. The number of para-hydroxylation sites is 3. The maximum atomic E-state index is 6.22. The number of benzene rings is 6. The Labute approximate surface area is 264 Å². The molecule has 5 heteroatoms. The lowest BCUT2D eigenvalue weighted by molar-refractivity contribution is 0.620. The first-order chi connectivity index (χ1) is 22.7. The topological polar surface area (TPSA) is 65.0 Å². The first-order valence-electron chi connectivity index (χ1n) is 15.2. The molecule has 216 valence electrons. The normalized spacial score (nSPS) is 11.5. The Kier molecular flexibility index (Phi) is 6.06. The summed E-state index contributed by atoms with van der Waals surface area (Å²) in [5, 5.41) is 2.19. The molecule has 0 radical (unpaired) electrons. The molecule has 0 amide bonds. The van der Waals surface area contributed by atoms with Crippen molar-refractivity contribution in [2.45, 2.75) is 0 Å². The molecule has 6 aromatic carbocycles. The summed E-state index contributed by atoms with van der Waals surface area (Å²) >= 11 is 0. The first kappa shape index (κ1) is 26.1. The van der Waals surface area contributed by atoms with Gasteiger partial charge in [0.05, 0.1) is 11.4 Å². The number of oxazole rings is 1. The smallest absolute Gasteiger partial charge is 0.227 e. The fourth-order valence-electron chi connectivity index (χ4n) is 5.98. The molecule has 0 aliphatic heterocycles. The van der Waals surface area contributed by atoms with E-state index in [1.807, 2.05) is 66.7 Å². The largest absolute Gasteiger partial charge is 0.456 e. The van der Waals surface area contributed by atoms with E-state index < -0.39 is 0 Å². The van der Waals surface area contributed by atoms with E-state index in [2.05, 4.69) is 89.9 Å². The van der Waals surface area contributed by atoms with Crippen LogP contribution in [0.5, 0.6) is 0 Å². The SMILES string of the molecule is c1ccc(-c2ccc(-c3nc(-c4ccc(-c5nc6ccccc6o5)cc4)cc(-c4ccc5c(c4)oc4ccccc45)n3)cc2)cc1. The van der Waals surface area contributed by atoms with E-state index in [4.69, 9.17) is 18.8 Å². The molecule has 0 N–H and O–H groups in total. The summed E-state index contributed by atoms with van der Waals surface area (Å²) in [5.74, 6) is 1.24. The molecular formula is C41H25N3O2. The number of aromatic nitrogens is 3. The predicted octanol–water partition coefficient (Wildman–Crippen LogP) is 10.9. The molecule has 0 fully saturated rings. The van der Waals surface area contributed by atoms with Crippen molar-refractivity contribution in [2.24, 2.45) is 0 Å². The van der Waals surface area contributed by atoms with E-state index in [9.17, 15) is 0 Å². The summed E-state index contributed by atoms with van der Waals surface area (Å²) in [5.41, 5.74) is 11.0. The van der Waals surface area contributed by atoms with Gasteiger partial charge in [-0.2, -0.15) is 0 Å². The van der Waals surface area contributed by atoms with Crippen LogP contribution in [0.1, 0.15) is 0 Å². The second kappa shape index (κ2) is 10.7. The van der Waals surface area contributed by atoms with Crippen LogP contribution < -0.4 is 0 Å². The molecule has 0 saturated heterocycles. The minimum absolute atomic E-state index is 0.592. The molecule has 46 heavy (non-hydrogen) atoms. The molecule has 0 saturated carbocycles. The Morgan fingerprint density at radius 1 is 0.348 bits per heavy atom. The summed E-state index contributed by atoms with van der Waals surface area (Å²) in [6, 6.07) is 51.2. The molecule has 0 unspecified atom stereocenters. The third-order valence-electron chi connectivity index (χ3n) is 8.37. The quantitative estimate of drug-likeness (QED) is 0.199. The molecule has 9 rings (SSSR count). The third-order valence-corrected chi connectivity index (χ3v) is 8.37. The van der Waals surface area contributed by atoms with Crippen LogP contribution in [-0.2, 0) is 0 Å². The fraction of sp³-hybridized carbons (Fsp3) is 0. The van der Waals surface area contributed by atoms with Gasteiger partial charge in [-0.15, -0.1) is 0 Å². The summed E-state index contributed by atoms with van der Waals surface area (Å²) in [4.78, 5) is 14.8. The van der Waals surface area contributed by atoms with Gasteiger partial charge in [0.2, 0.25) is 5.89 Å². The minimum Gasteiger partial charge on any atom is -0.456 e. The van der Waals surface area contributed by atoms with Crippen LogP contribution in [0.25, 0.3) is 89.5 Å². The number of fused-ring (bicyclic) bond motifs is 4. The van der Waals surface area contributed by atoms with Crippen LogP contribution in [-0.4, -0.2) is 15.0 Å². The summed E-state index contributed by atoms with van der Waals surface area (Å²) in [7, 11) is 0. The molecule has 0 aliphatic rings. The van der Waals surface area contributed by atoms with Crippen LogP contribution in [0.15, 0.2) is 160 Å². The van der Waals surface area contributed by atoms with Gasteiger partial charge in [-0.05, 0) is 59.7 Å². The van der Waals surface area contributed by atoms with Crippen LogP contribution >= 0.6 is 0 Å². The zero-order valence-electron chi connectivity index (χ0n) is 24.6. The Hall–Kier alpha value is -6.33. The monoisotopic (exact) mass is 591 g/mol. The first-order valence-corrected chi connectivity index (χ1v) is 15.2. The highest BCUT2D eigenvalue weighted by Crippen LogP contribution is 2.34. The van der Waals surface area contributed by atoms with Crippen molar-refractivity contribution in [3.8, 4) is 56.5 Å². The second-order valence-corrected chi connectivity index (χ2v) is 11.3. The average Bonchev–Trinajstić information content (AvgIpc) is 3.73. The Morgan fingerprint density at radius 2 is 0.935 bits per heavy atom. The molecule has 5 nitrogen and oxygen atoms in total. The number of nitrogens with zero attached hydrogens (tertiary/aromatic N) is 3. The molecule has 0 bridgehead atoms. The van der Waals surface area contributed by atoms with Crippen LogP contribution in [0.2, 0.25) is 0 Å². The van der Waals surface area contributed by atoms with Gasteiger partial charge in [-0.25, -0.2) is 15.0 Å². The van der Waals surface area contributed by atoms with Crippen LogP contribution in [0, 0.1) is 0 Å². The van der Waals surface area contributed by atoms with Crippen LogP contribution in [0.4, 0.5) is 0 Å². The summed E-state index contributed by atoms with van der Waals surface area (Å²) in [6.07, 6.45) is 0. The second-order valence-electron chi connectivity index (χ2n) is 11.3. The van der Waals surface area contributed by atoms with Gasteiger partial charge in [-0.3, -0.25) is 0 Å². The van der Waals surface area contributed by atoms with E-state index in [0.29, 0.717) is 11.7 Å². The Bertz CT molecular complexity index is 2480.